The van der Waals surface area contributed by atoms with Crippen molar-refractivity contribution in [3.63, 3.8) is 0 Å². The van der Waals surface area contributed by atoms with Crippen molar-refractivity contribution >= 4 is 17.5 Å². The fraction of sp³-hybridized carbons (Fsp3) is 0.619. The molecule has 4 aliphatic rings. The predicted molar refractivity (Wildman–Crippen MR) is 98.3 cm³/mol. The molecule has 0 aliphatic heterocycles. The normalized spacial score (nSPS) is 32.4. The molecule has 0 saturated heterocycles. The van der Waals surface area contributed by atoms with Crippen LogP contribution in [0, 0.1) is 23.2 Å². The molecule has 0 heterocycles. The third-order valence-electron chi connectivity index (χ3n) is 6.57. The lowest BCUT2D eigenvalue weighted by atomic mass is 9.49. The molecule has 0 radical (unpaired) electrons. The van der Waals surface area contributed by atoms with Crippen LogP contribution >= 0.6 is 0 Å². The Morgan fingerprint density at radius 3 is 2.08 bits per heavy atom. The minimum absolute atomic E-state index is 0.0147. The summed E-state index contributed by atoms with van der Waals surface area (Å²) >= 11 is 0. The van der Waals surface area contributed by atoms with E-state index >= 15 is 0 Å². The zero-order valence-electron chi connectivity index (χ0n) is 15.0. The van der Waals surface area contributed by atoms with Crippen molar-refractivity contribution in [1.82, 2.24) is 5.32 Å². The second kappa shape index (κ2) is 6.47. The highest BCUT2D eigenvalue weighted by Crippen LogP contribution is 2.61. The number of carbonyl (C=O) groups is 2. The third-order valence-corrected chi connectivity index (χ3v) is 6.57. The van der Waals surface area contributed by atoms with Crippen molar-refractivity contribution < 1.29 is 9.59 Å². The summed E-state index contributed by atoms with van der Waals surface area (Å²) in [6.07, 6.45) is 9.69. The number of anilines is 1. The van der Waals surface area contributed by atoms with Gasteiger partial charge in [0.1, 0.15) is 0 Å². The van der Waals surface area contributed by atoms with Crippen molar-refractivity contribution in [2.75, 3.05) is 11.9 Å². The van der Waals surface area contributed by atoms with Crippen LogP contribution in [0.15, 0.2) is 24.3 Å². The average molecular weight is 340 g/mol. The molecule has 0 atom stereocenters. The monoisotopic (exact) mass is 340 g/mol. The molecule has 1 aromatic carbocycles. The van der Waals surface area contributed by atoms with E-state index in [-0.39, 0.29) is 11.8 Å². The van der Waals surface area contributed by atoms with Gasteiger partial charge in [-0.3, -0.25) is 9.59 Å². The topological polar surface area (TPSA) is 58.2 Å². The Balaban J connectivity index is 1.30. The van der Waals surface area contributed by atoms with Crippen molar-refractivity contribution in [2.45, 2.75) is 51.9 Å². The fourth-order valence-electron chi connectivity index (χ4n) is 6.05. The summed E-state index contributed by atoms with van der Waals surface area (Å²) in [4.78, 5) is 23.4. The minimum Gasteiger partial charge on any atom is -0.352 e. The molecular formula is C21H28N2O2. The molecule has 5 rings (SSSR count). The first-order chi connectivity index (χ1) is 12.0. The summed E-state index contributed by atoms with van der Waals surface area (Å²) < 4.78 is 0. The summed E-state index contributed by atoms with van der Waals surface area (Å²) in [5.41, 5.74) is 1.88. The Hall–Kier alpha value is -1.84. The second-order valence-electron chi connectivity index (χ2n) is 8.68. The Bertz CT molecular complexity index is 630. The van der Waals surface area contributed by atoms with Gasteiger partial charge in [-0.1, -0.05) is 0 Å². The van der Waals surface area contributed by atoms with Gasteiger partial charge < -0.3 is 10.6 Å². The molecule has 0 unspecified atom stereocenters. The summed E-state index contributed by atoms with van der Waals surface area (Å²) in [6.45, 7) is 2.25. The first-order valence-electron chi connectivity index (χ1n) is 9.67. The highest BCUT2D eigenvalue weighted by atomic mass is 16.2. The molecule has 1 aromatic rings. The SMILES string of the molecule is CC(=O)Nc1ccc(C(=O)NCCC23CC4CC(CC(C4)C2)C3)cc1. The van der Waals surface area contributed by atoms with Crippen molar-refractivity contribution in [3.8, 4) is 0 Å². The molecule has 2 N–H and O–H groups in total. The maximum absolute atomic E-state index is 12.4. The van der Waals surface area contributed by atoms with Crippen LogP contribution in [0.4, 0.5) is 5.69 Å². The Morgan fingerprint density at radius 2 is 1.56 bits per heavy atom. The number of benzene rings is 1. The largest absolute Gasteiger partial charge is 0.352 e. The van der Waals surface area contributed by atoms with E-state index in [1.807, 2.05) is 0 Å². The highest BCUT2D eigenvalue weighted by Gasteiger charge is 2.50. The van der Waals surface area contributed by atoms with E-state index in [1.165, 1.54) is 45.4 Å². The van der Waals surface area contributed by atoms with Crippen LogP contribution in [0.5, 0.6) is 0 Å². The molecule has 4 bridgehead atoms. The van der Waals surface area contributed by atoms with Crippen LogP contribution in [0.2, 0.25) is 0 Å². The summed E-state index contributed by atoms with van der Waals surface area (Å²) in [5, 5.41) is 5.83. The number of carbonyl (C=O) groups excluding carboxylic acids is 2. The lowest BCUT2D eigenvalue weighted by molar-refractivity contribution is -0.114. The van der Waals surface area contributed by atoms with Gasteiger partial charge >= 0.3 is 0 Å². The molecule has 4 heteroatoms. The van der Waals surface area contributed by atoms with Crippen molar-refractivity contribution in [1.29, 1.82) is 0 Å². The number of amides is 2. The quantitative estimate of drug-likeness (QED) is 0.852. The van der Waals surface area contributed by atoms with E-state index in [1.54, 1.807) is 24.3 Å². The van der Waals surface area contributed by atoms with Crippen LogP contribution in [0.3, 0.4) is 0 Å². The standard InChI is InChI=1S/C21H28N2O2/c1-14(24)23-19-4-2-18(3-5-19)20(25)22-7-6-21-11-15-8-16(12-21)10-17(9-15)13-21/h2-5,15-17H,6-13H2,1H3,(H,22,25)(H,23,24). The zero-order chi connectivity index (χ0) is 17.4. The van der Waals surface area contributed by atoms with Crippen LogP contribution in [0.1, 0.15) is 62.2 Å². The summed E-state index contributed by atoms with van der Waals surface area (Å²) in [5.74, 6) is 2.77. The van der Waals surface area contributed by atoms with Gasteiger partial charge in [0.2, 0.25) is 5.91 Å². The van der Waals surface area contributed by atoms with Gasteiger partial charge in [-0.05, 0) is 92.4 Å². The van der Waals surface area contributed by atoms with E-state index in [2.05, 4.69) is 10.6 Å². The second-order valence-corrected chi connectivity index (χ2v) is 8.68. The maximum atomic E-state index is 12.4. The smallest absolute Gasteiger partial charge is 0.251 e. The lowest BCUT2D eigenvalue weighted by Crippen LogP contribution is -2.47. The Labute approximate surface area is 149 Å². The molecule has 4 aliphatic carbocycles. The van der Waals surface area contributed by atoms with E-state index in [9.17, 15) is 9.59 Å². The van der Waals surface area contributed by atoms with Crippen molar-refractivity contribution in [2.24, 2.45) is 23.2 Å². The number of nitrogens with one attached hydrogen (secondary N) is 2. The molecule has 4 fully saturated rings. The Morgan fingerprint density at radius 1 is 1.00 bits per heavy atom. The van der Waals surface area contributed by atoms with Gasteiger partial charge in [0, 0.05) is 24.7 Å². The van der Waals surface area contributed by atoms with Crippen LogP contribution in [0.25, 0.3) is 0 Å². The number of hydrogen-bond donors (Lipinski definition) is 2. The average Bonchev–Trinajstić information content (AvgIpc) is 2.53. The minimum atomic E-state index is -0.104. The molecular weight excluding hydrogens is 312 g/mol. The molecule has 4 saturated carbocycles. The van der Waals surface area contributed by atoms with Crippen LogP contribution in [-0.4, -0.2) is 18.4 Å². The van der Waals surface area contributed by atoms with Crippen molar-refractivity contribution in [3.05, 3.63) is 29.8 Å². The van der Waals surface area contributed by atoms with Crippen LogP contribution < -0.4 is 10.6 Å². The molecule has 25 heavy (non-hydrogen) atoms. The predicted octanol–water partition coefficient (Wildman–Crippen LogP) is 3.98. The molecule has 134 valence electrons. The maximum Gasteiger partial charge on any atom is 0.251 e. The van der Waals surface area contributed by atoms with Gasteiger partial charge in [-0.25, -0.2) is 0 Å². The van der Waals surface area contributed by atoms with Gasteiger partial charge in [-0.2, -0.15) is 0 Å². The molecule has 0 spiro atoms. The van der Waals surface area contributed by atoms with E-state index in [4.69, 9.17) is 0 Å². The van der Waals surface area contributed by atoms with Gasteiger partial charge in [0.25, 0.3) is 5.91 Å². The van der Waals surface area contributed by atoms with E-state index < -0.39 is 0 Å². The Kier molecular flexibility index (Phi) is 4.30. The summed E-state index contributed by atoms with van der Waals surface area (Å²) in [7, 11) is 0. The number of hydrogen-bond acceptors (Lipinski definition) is 2. The highest BCUT2D eigenvalue weighted by molar-refractivity contribution is 5.95. The fourth-order valence-corrected chi connectivity index (χ4v) is 6.05. The lowest BCUT2D eigenvalue weighted by Gasteiger charge is -2.57. The molecule has 0 aromatic heterocycles. The molecule has 2 amide bonds. The van der Waals surface area contributed by atoms with E-state index in [0.29, 0.717) is 11.0 Å². The first kappa shape index (κ1) is 16.6. The third kappa shape index (κ3) is 3.58. The summed E-state index contributed by atoms with van der Waals surface area (Å²) in [6, 6.07) is 7.08. The number of rotatable bonds is 5. The first-order valence-corrected chi connectivity index (χ1v) is 9.67. The van der Waals surface area contributed by atoms with Gasteiger partial charge in [0.15, 0.2) is 0 Å². The van der Waals surface area contributed by atoms with Gasteiger partial charge in [0.05, 0.1) is 0 Å². The zero-order valence-corrected chi connectivity index (χ0v) is 15.0. The van der Waals surface area contributed by atoms with Crippen LogP contribution in [-0.2, 0) is 4.79 Å². The molecule has 4 nitrogen and oxygen atoms in total. The van der Waals surface area contributed by atoms with E-state index in [0.717, 1.165) is 36.4 Å². The van der Waals surface area contributed by atoms with Gasteiger partial charge in [-0.15, -0.1) is 0 Å².